The van der Waals surface area contributed by atoms with Gasteiger partial charge < -0.3 is 10.1 Å². The monoisotopic (exact) mass is 315 g/mol. The minimum atomic E-state index is -4.37. The van der Waals surface area contributed by atoms with E-state index in [-0.39, 0.29) is 12.1 Å². The van der Waals surface area contributed by atoms with Gasteiger partial charge in [0.2, 0.25) is 0 Å². The third-order valence-corrected chi connectivity index (χ3v) is 3.27. The van der Waals surface area contributed by atoms with Crippen molar-refractivity contribution in [2.45, 2.75) is 12.7 Å². The van der Waals surface area contributed by atoms with E-state index in [0.29, 0.717) is 16.5 Å². The molecule has 0 spiro atoms. The normalized spacial score (nSPS) is 11.3. The van der Waals surface area contributed by atoms with Gasteiger partial charge in [0.1, 0.15) is 5.75 Å². The van der Waals surface area contributed by atoms with Crippen LogP contribution >= 0.6 is 11.6 Å². The summed E-state index contributed by atoms with van der Waals surface area (Å²) in [5.41, 5.74) is 0.172. The molecule has 0 aliphatic carbocycles. The fourth-order valence-electron chi connectivity index (χ4n) is 1.92. The Kier molecular flexibility index (Phi) is 4.63. The number of hydrogen-bond donors (Lipinski definition) is 1. The molecule has 1 N–H and O–H groups in total. The van der Waals surface area contributed by atoms with Crippen molar-refractivity contribution in [3.05, 3.63) is 58.6 Å². The Labute approximate surface area is 125 Å². The van der Waals surface area contributed by atoms with Crippen LogP contribution in [0.1, 0.15) is 11.1 Å². The highest BCUT2D eigenvalue weighted by molar-refractivity contribution is 6.32. The molecule has 0 aliphatic rings. The molecule has 0 atom stereocenters. The minimum Gasteiger partial charge on any atom is -0.495 e. The molecule has 2 aromatic rings. The summed E-state index contributed by atoms with van der Waals surface area (Å²) in [7, 11) is 1.48. The Hall–Kier alpha value is -1.88. The number of nitrogens with one attached hydrogen (secondary N) is 1. The molecular weight excluding hydrogens is 303 g/mol. The zero-order chi connectivity index (χ0) is 15.5. The van der Waals surface area contributed by atoms with Crippen molar-refractivity contribution in [1.82, 2.24) is 0 Å². The topological polar surface area (TPSA) is 21.3 Å². The van der Waals surface area contributed by atoms with E-state index in [1.807, 2.05) is 0 Å². The quantitative estimate of drug-likeness (QED) is 0.859. The van der Waals surface area contributed by atoms with Gasteiger partial charge in [0.15, 0.2) is 0 Å². The van der Waals surface area contributed by atoms with Gasteiger partial charge in [-0.05, 0) is 23.8 Å². The molecule has 0 saturated heterocycles. The predicted molar refractivity (Wildman–Crippen MR) is 76.8 cm³/mol. The van der Waals surface area contributed by atoms with Gasteiger partial charge >= 0.3 is 6.18 Å². The largest absolute Gasteiger partial charge is 0.495 e. The number of halogens is 4. The maximum Gasteiger partial charge on any atom is 0.416 e. The number of anilines is 1. The van der Waals surface area contributed by atoms with E-state index in [1.54, 1.807) is 24.3 Å². The summed E-state index contributed by atoms with van der Waals surface area (Å²) in [6, 6.07) is 10.4. The molecule has 0 aromatic heterocycles. The van der Waals surface area contributed by atoms with Crippen molar-refractivity contribution in [2.24, 2.45) is 0 Å². The van der Waals surface area contributed by atoms with E-state index in [4.69, 9.17) is 16.3 Å². The van der Waals surface area contributed by atoms with Gasteiger partial charge in [-0.25, -0.2) is 0 Å². The average Bonchev–Trinajstić information content (AvgIpc) is 2.45. The van der Waals surface area contributed by atoms with Crippen molar-refractivity contribution in [3.8, 4) is 5.75 Å². The van der Waals surface area contributed by atoms with E-state index in [9.17, 15) is 13.2 Å². The van der Waals surface area contributed by atoms with Crippen LogP contribution in [-0.4, -0.2) is 7.11 Å². The predicted octanol–water partition coefficient (Wildman–Crippen LogP) is 4.98. The number of benzene rings is 2. The summed E-state index contributed by atoms with van der Waals surface area (Å²) in [4.78, 5) is 0. The molecule has 0 unspecified atom stereocenters. The molecule has 2 aromatic carbocycles. The molecule has 2 nitrogen and oxygen atoms in total. The molecule has 0 amide bonds. The molecular formula is C15H13ClF3NO. The first-order chi connectivity index (χ1) is 9.91. The number of rotatable bonds is 4. The second-order valence-electron chi connectivity index (χ2n) is 4.36. The average molecular weight is 316 g/mol. The summed E-state index contributed by atoms with van der Waals surface area (Å²) in [5, 5.41) is 3.38. The Bertz CT molecular complexity index is 629. The molecule has 0 aliphatic heterocycles. The summed E-state index contributed by atoms with van der Waals surface area (Å²) >= 11 is 5.90. The van der Waals surface area contributed by atoms with Crippen LogP contribution in [0.25, 0.3) is 0 Å². The van der Waals surface area contributed by atoms with Crippen LogP contribution in [0.2, 0.25) is 5.02 Å². The van der Waals surface area contributed by atoms with E-state index in [1.165, 1.54) is 19.2 Å². The Morgan fingerprint density at radius 1 is 1.14 bits per heavy atom. The number of hydrogen-bond acceptors (Lipinski definition) is 2. The third-order valence-electron chi connectivity index (χ3n) is 2.96. The van der Waals surface area contributed by atoms with Crippen LogP contribution in [0.5, 0.6) is 5.75 Å². The Balaban J connectivity index is 2.17. The number of ether oxygens (including phenoxy) is 1. The molecule has 6 heteroatoms. The van der Waals surface area contributed by atoms with Gasteiger partial charge in [-0.3, -0.25) is 0 Å². The molecule has 112 valence electrons. The van der Waals surface area contributed by atoms with Crippen LogP contribution in [0.15, 0.2) is 42.5 Å². The lowest BCUT2D eigenvalue weighted by Gasteiger charge is -2.14. The van der Waals surface area contributed by atoms with Crippen molar-refractivity contribution < 1.29 is 17.9 Å². The molecule has 0 heterocycles. The van der Waals surface area contributed by atoms with Gasteiger partial charge in [0, 0.05) is 18.3 Å². The lowest BCUT2D eigenvalue weighted by molar-refractivity contribution is -0.138. The van der Waals surface area contributed by atoms with Crippen LogP contribution in [0.3, 0.4) is 0 Å². The van der Waals surface area contributed by atoms with Gasteiger partial charge in [-0.1, -0.05) is 29.8 Å². The molecule has 0 bridgehead atoms. The zero-order valence-electron chi connectivity index (χ0n) is 11.2. The Morgan fingerprint density at radius 2 is 1.86 bits per heavy atom. The summed E-state index contributed by atoms with van der Waals surface area (Å²) in [6.45, 7) is 0.0560. The maximum atomic E-state index is 12.9. The number of methoxy groups -OCH3 is 1. The first kappa shape index (κ1) is 15.5. The van der Waals surface area contributed by atoms with Crippen LogP contribution < -0.4 is 10.1 Å². The SMILES string of the molecule is COc1cc(NCc2ccccc2C(F)(F)F)ccc1Cl. The molecule has 0 saturated carbocycles. The molecule has 21 heavy (non-hydrogen) atoms. The van der Waals surface area contributed by atoms with Gasteiger partial charge in [-0.2, -0.15) is 13.2 Å². The fraction of sp³-hybridized carbons (Fsp3) is 0.200. The van der Waals surface area contributed by atoms with Crippen molar-refractivity contribution in [1.29, 1.82) is 0 Å². The van der Waals surface area contributed by atoms with E-state index < -0.39 is 11.7 Å². The van der Waals surface area contributed by atoms with Crippen LogP contribution in [0, 0.1) is 0 Å². The van der Waals surface area contributed by atoms with Crippen molar-refractivity contribution in [3.63, 3.8) is 0 Å². The van der Waals surface area contributed by atoms with Gasteiger partial charge in [0.25, 0.3) is 0 Å². The third kappa shape index (κ3) is 3.82. The minimum absolute atomic E-state index is 0.0560. The highest BCUT2D eigenvalue weighted by Crippen LogP contribution is 2.32. The molecule has 2 rings (SSSR count). The fourth-order valence-corrected chi connectivity index (χ4v) is 2.11. The first-order valence-electron chi connectivity index (χ1n) is 6.14. The second kappa shape index (κ2) is 6.26. The maximum absolute atomic E-state index is 12.9. The molecule has 0 fully saturated rings. The lowest BCUT2D eigenvalue weighted by atomic mass is 10.1. The Morgan fingerprint density at radius 3 is 2.52 bits per heavy atom. The summed E-state index contributed by atoms with van der Waals surface area (Å²) in [6.07, 6.45) is -4.37. The highest BCUT2D eigenvalue weighted by atomic mass is 35.5. The smallest absolute Gasteiger partial charge is 0.416 e. The van der Waals surface area contributed by atoms with Crippen LogP contribution in [-0.2, 0) is 12.7 Å². The summed E-state index contributed by atoms with van der Waals surface area (Å²) in [5.74, 6) is 0.464. The zero-order valence-corrected chi connectivity index (χ0v) is 11.9. The van der Waals surface area contributed by atoms with Gasteiger partial charge in [0.05, 0.1) is 17.7 Å². The standard InChI is InChI=1S/C15H13ClF3NO/c1-21-14-8-11(6-7-13(14)16)20-9-10-4-2-3-5-12(10)15(17,18)19/h2-8,20H,9H2,1H3. The van der Waals surface area contributed by atoms with Crippen LogP contribution in [0.4, 0.5) is 18.9 Å². The van der Waals surface area contributed by atoms with Crippen molar-refractivity contribution >= 4 is 17.3 Å². The first-order valence-corrected chi connectivity index (χ1v) is 6.52. The highest BCUT2D eigenvalue weighted by Gasteiger charge is 2.32. The lowest BCUT2D eigenvalue weighted by Crippen LogP contribution is -2.11. The van der Waals surface area contributed by atoms with Gasteiger partial charge in [-0.15, -0.1) is 0 Å². The van der Waals surface area contributed by atoms with E-state index in [0.717, 1.165) is 6.07 Å². The van der Waals surface area contributed by atoms with Crippen molar-refractivity contribution in [2.75, 3.05) is 12.4 Å². The van der Waals surface area contributed by atoms with E-state index >= 15 is 0 Å². The summed E-state index contributed by atoms with van der Waals surface area (Å²) < 4.78 is 43.7. The second-order valence-corrected chi connectivity index (χ2v) is 4.76. The number of alkyl halides is 3. The molecule has 0 radical (unpaired) electrons. The van der Waals surface area contributed by atoms with E-state index in [2.05, 4.69) is 5.32 Å².